The molecule has 15 heteroatoms. The number of rotatable bonds is 6. The number of guanidine groups is 3. The molecule has 0 rings (SSSR count). The van der Waals surface area contributed by atoms with Gasteiger partial charge in [-0.3, -0.25) is 29.4 Å². The van der Waals surface area contributed by atoms with Crippen LogP contribution in [0.4, 0.5) is 0 Å². The van der Waals surface area contributed by atoms with Crippen LogP contribution < -0.4 is 31.9 Å². The monoisotopic (exact) mass is 558 g/mol. The summed E-state index contributed by atoms with van der Waals surface area (Å²) in [5.41, 5.74) is 0. The molecule has 0 saturated heterocycles. The van der Waals surface area contributed by atoms with Crippen LogP contribution in [0.2, 0.25) is 0 Å². The second-order valence-corrected chi connectivity index (χ2v) is 8.32. The Balaban J connectivity index is -0.000000498. The minimum Gasteiger partial charge on any atom is -0.359 e. The highest BCUT2D eigenvalue weighted by atomic mass is 16.2. The van der Waals surface area contributed by atoms with Gasteiger partial charge in [-0.05, 0) is 20.8 Å². The molecular weight excluding hydrogens is 504 g/mol. The summed E-state index contributed by atoms with van der Waals surface area (Å²) in [5.74, 6) is 2.06. The van der Waals surface area contributed by atoms with Gasteiger partial charge in [0, 0.05) is 84.2 Å². The third-order valence-corrected chi connectivity index (χ3v) is 5.65. The van der Waals surface area contributed by atoms with Crippen LogP contribution in [0.15, 0.2) is 15.0 Å². The zero-order chi connectivity index (χ0) is 31.3. The molecule has 39 heavy (non-hydrogen) atoms. The molecule has 228 valence electrons. The van der Waals surface area contributed by atoms with Gasteiger partial charge in [0.2, 0.25) is 17.7 Å². The predicted molar refractivity (Wildman–Crippen MR) is 160 cm³/mol. The smallest absolute Gasteiger partial charge is 0.220 e. The molecule has 0 aromatic rings. The van der Waals surface area contributed by atoms with Crippen molar-refractivity contribution < 1.29 is 14.4 Å². The van der Waals surface area contributed by atoms with Crippen LogP contribution in [0.3, 0.4) is 0 Å². The van der Waals surface area contributed by atoms with Gasteiger partial charge >= 0.3 is 0 Å². The summed E-state index contributed by atoms with van der Waals surface area (Å²) >= 11 is 0. The molecule has 3 amide bonds. The fourth-order valence-electron chi connectivity index (χ4n) is 2.45. The Hall–Kier alpha value is -3.78. The highest BCUT2D eigenvalue weighted by molar-refractivity contribution is 5.81. The van der Waals surface area contributed by atoms with E-state index in [9.17, 15) is 14.4 Å². The van der Waals surface area contributed by atoms with Crippen LogP contribution in [-0.2, 0) is 14.4 Å². The van der Waals surface area contributed by atoms with E-state index in [1.807, 2.05) is 20.8 Å². The van der Waals surface area contributed by atoms with E-state index in [2.05, 4.69) is 46.9 Å². The molecule has 0 fully saturated rings. The first kappa shape index (κ1) is 39.7. The molecule has 0 aliphatic heterocycles. The number of aliphatic imine (C=N–C) groups is 3. The van der Waals surface area contributed by atoms with E-state index in [1.54, 1.807) is 78.1 Å². The Labute approximate surface area is 235 Å². The van der Waals surface area contributed by atoms with Gasteiger partial charge < -0.3 is 46.6 Å². The van der Waals surface area contributed by atoms with E-state index in [4.69, 9.17) is 0 Å². The average molecular weight is 559 g/mol. The highest BCUT2D eigenvalue weighted by Gasteiger charge is 2.13. The Morgan fingerprint density at radius 1 is 0.513 bits per heavy atom. The van der Waals surface area contributed by atoms with Crippen molar-refractivity contribution in [1.82, 2.24) is 46.6 Å². The second kappa shape index (κ2) is 22.2. The van der Waals surface area contributed by atoms with Gasteiger partial charge in [0.05, 0.1) is 0 Å². The summed E-state index contributed by atoms with van der Waals surface area (Å²) in [6, 6.07) is 0. The van der Waals surface area contributed by atoms with Gasteiger partial charge in [0.1, 0.15) is 18.5 Å². The molecule has 0 aromatic carbocycles. The van der Waals surface area contributed by atoms with Crippen LogP contribution in [0.5, 0.6) is 0 Å². The summed E-state index contributed by atoms with van der Waals surface area (Å²) < 4.78 is 0. The quantitative estimate of drug-likeness (QED) is 0.133. The van der Waals surface area contributed by atoms with Gasteiger partial charge in [0.25, 0.3) is 0 Å². The van der Waals surface area contributed by atoms with Crippen LogP contribution in [0.1, 0.15) is 41.5 Å². The van der Waals surface area contributed by atoms with E-state index in [1.165, 1.54) is 20.8 Å². The largest absolute Gasteiger partial charge is 0.359 e. The maximum atomic E-state index is 11.0. The summed E-state index contributed by atoms with van der Waals surface area (Å²) in [6.07, 6.45) is -0.198. The fraction of sp³-hybridized carbons (Fsp3) is 0.750. The van der Waals surface area contributed by atoms with E-state index < -0.39 is 0 Å². The van der Waals surface area contributed by atoms with Crippen molar-refractivity contribution in [2.45, 2.75) is 60.0 Å². The average Bonchev–Trinajstić information content (AvgIpc) is 2.91. The zero-order valence-electron chi connectivity index (χ0n) is 26.6. The van der Waals surface area contributed by atoms with Crippen LogP contribution >= 0.6 is 0 Å². The second-order valence-electron chi connectivity index (χ2n) is 8.32. The van der Waals surface area contributed by atoms with Crippen molar-refractivity contribution in [3.8, 4) is 0 Å². The van der Waals surface area contributed by atoms with E-state index in [0.717, 1.165) is 0 Å². The van der Waals surface area contributed by atoms with Crippen molar-refractivity contribution in [2.24, 2.45) is 15.0 Å². The molecule has 0 radical (unpaired) electrons. The Bertz CT molecular complexity index is 712. The first-order chi connectivity index (χ1) is 18.1. The van der Waals surface area contributed by atoms with Crippen molar-refractivity contribution in [3.63, 3.8) is 0 Å². The van der Waals surface area contributed by atoms with Gasteiger partial charge in [-0.1, -0.05) is 0 Å². The van der Waals surface area contributed by atoms with Crippen molar-refractivity contribution in [3.05, 3.63) is 0 Å². The zero-order valence-corrected chi connectivity index (χ0v) is 26.6. The summed E-state index contributed by atoms with van der Waals surface area (Å²) in [7, 11) is 15.6. The molecule has 15 nitrogen and oxygen atoms in total. The number of nitrogens with one attached hydrogen (secondary N) is 6. The summed E-state index contributed by atoms with van der Waals surface area (Å²) in [6.45, 7) is 10.3. The normalized spacial score (nSPS) is 13.5. The maximum absolute atomic E-state index is 11.0. The van der Waals surface area contributed by atoms with Crippen molar-refractivity contribution in [2.75, 3.05) is 63.4 Å². The van der Waals surface area contributed by atoms with Crippen LogP contribution in [-0.4, -0.2) is 132 Å². The molecule has 0 aliphatic rings. The molecular formula is C24H54N12O3. The molecule has 3 atom stereocenters. The Morgan fingerprint density at radius 3 is 0.795 bits per heavy atom. The van der Waals surface area contributed by atoms with Crippen molar-refractivity contribution in [1.29, 1.82) is 0 Å². The fourth-order valence-corrected chi connectivity index (χ4v) is 2.45. The SMILES string of the molecule is CN=C(NC)NC(C)N(C)C(C)=O.CN=C(NC)NC(C)N(C)C(C)=O.CN=C(NC)NC(C)N(C)C(C)=O. The predicted octanol–water partition coefficient (Wildman–Crippen LogP) is -1.18. The van der Waals surface area contributed by atoms with E-state index in [0.29, 0.717) is 17.9 Å². The molecule has 0 bridgehead atoms. The third kappa shape index (κ3) is 18.2. The molecule has 3 unspecified atom stereocenters. The highest BCUT2D eigenvalue weighted by Crippen LogP contribution is 1.92. The van der Waals surface area contributed by atoms with Gasteiger partial charge in [0.15, 0.2) is 17.9 Å². The third-order valence-electron chi connectivity index (χ3n) is 5.65. The maximum Gasteiger partial charge on any atom is 0.220 e. The molecule has 0 heterocycles. The molecule has 6 N–H and O–H groups in total. The standard InChI is InChI=1S/3C8H18N4O/c3*1-6(12(5)7(2)13)11-8(9-3)10-4/h3*6H,1-5H3,(H2,9,10,11). The topological polar surface area (TPSA) is 170 Å². The first-order valence-corrected chi connectivity index (χ1v) is 12.5. The minimum atomic E-state index is -0.0661. The van der Waals surface area contributed by atoms with E-state index >= 15 is 0 Å². The number of hydrogen-bond donors (Lipinski definition) is 6. The lowest BCUT2D eigenvalue weighted by Crippen LogP contribution is -2.49. The van der Waals surface area contributed by atoms with Gasteiger partial charge in [-0.15, -0.1) is 0 Å². The molecule has 0 aromatic heterocycles. The van der Waals surface area contributed by atoms with Gasteiger partial charge in [-0.25, -0.2) is 0 Å². The number of carbonyl (C=O) groups is 3. The lowest BCUT2D eigenvalue weighted by molar-refractivity contribution is -0.130. The number of hydrogen-bond acceptors (Lipinski definition) is 6. The van der Waals surface area contributed by atoms with Crippen LogP contribution in [0.25, 0.3) is 0 Å². The minimum absolute atomic E-state index is 0.0200. The van der Waals surface area contributed by atoms with Crippen molar-refractivity contribution >= 4 is 35.6 Å². The van der Waals surface area contributed by atoms with E-state index in [-0.39, 0.29) is 36.2 Å². The number of carbonyl (C=O) groups excluding carboxylic acids is 3. The summed E-state index contributed by atoms with van der Waals surface area (Å²) in [4.78, 5) is 49.5. The summed E-state index contributed by atoms with van der Waals surface area (Å²) in [5, 5.41) is 17.8. The lowest BCUT2D eigenvalue weighted by Gasteiger charge is -2.25. The Morgan fingerprint density at radius 2 is 0.692 bits per heavy atom. The molecule has 0 saturated carbocycles. The lowest BCUT2D eigenvalue weighted by atomic mass is 10.4. The first-order valence-electron chi connectivity index (χ1n) is 12.5. The Kier molecular flexibility index (Phi) is 22.6. The van der Waals surface area contributed by atoms with Crippen LogP contribution in [0, 0.1) is 0 Å². The molecule has 0 aliphatic carbocycles. The molecule has 0 spiro atoms. The number of nitrogens with zero attached hydrogens (tertiary/aromatic N) is 6. The number of amides is 3. The van der Waals surface area contributed by atoms with Gasteiger partial charge in [-0.2, -0.15) is 0 Å².